The van der Waals surface area contributed by atoms with Crippen molar-refractivity contribution in [1.82, 2.24) is 15.1 Å². The second-order valence-corrected chi connectivity index (χ2v) is 7.07. The molecule has 5 heteroatoms. The number of hydrogen-bond acceptors (Lipinski definition) is 3. The maximum Gasteiger partial charge on any atom is 0.325 e. The zero-order valence-corrected chi connectivity index (χ0v) is 13.1. The fourth-order valence-corrected chi connectivity index (χ4v) is 3.45. The summed E-state index contributed by atoms with van der Waals surface area (Å²) in [4.78, 5) is 27.6. The van der Waals surface area contributed by atoms with E-state index in [9.17, 15) is 9.59 Å². The SMILES string of the molecule is C[C@@H]1C[C@@H](C)CN(CCCN2C(=O)NC(C)(C)C2=O)C1. The van der Waals surface area contributed by atoms with Gasteiger partial charge in [0.05, 0.1) is 0 Å². The van der Waals surface area contributed by atoms with Gasteiger partial charge in [0.1, 0.15) is 5.54 Å². The average molecular weight is 281 g/mol. The molecule has 1 N–H and O–H groups in total. The number of nitrogens with zero attached hydrogens (tertiary/aromatic N) is 2. The van der Waals surface area contributed by atoms with E-state index in [1.165, 1.54) is 11.3 Å². The van der Waals surface area contributed by atoms with E-state index in [1.54, 1.807) is 13.8 Å². The van der Waals surface area contributed by atoms with Crippen LogP contribution in [0.15, 0.2) is 0 Å². The van der Waals surface area contributed by atoms with E-state index >= 15 is 0 Å². The summed E-state index contributed by atoms with van der Waals surface area (Å²) in [5.74, 6) is 1.38. The Balaban J connectivity index is 1.79. The molecule has 0 saturated carbocycles. The molecule has 2 saturated heterocycles. The summed E-state index contributed by atoms with van der Waals surface area (Å²) in [6, 6.07) is -0.250. The molecule has 2 heterocycles. The standard InChI is InChI=1S/C15H27N3O2/c1-11-8-12(2)10-17(9-11)6-5-7-18-13(19)15(3,4)16-14(18)20/h11-12H,5-10H2,1-4H3,(H,16,20)/t11-,12-/m1/s1. The van der Waals surface area contributed by atoms with Crippen LogP contribution in [0.5, 0.6) is 0 Å². The van der Waals surface area contributed by atoms with Crippen molar-refractivity contribution in [3.8, 4) is 0 Å². The third-order valence-electron chi connectivity index (χ3n) is 4.24. The highest BCUT2D eigenvalue weighted by Crippen LogP contribution is 2.21. The number of rotatable bonds is 4. The lowest BCUT2D eigenvalue weighted by molar-refractivity contribution is -0.130. The monoisotopic (exact) mass is 281 g/mol. The number of carbonyl (C=O) groups is 2. The zero-order chi connectivity index (χ0) is 14.9. The molecule has 2 aliphatic rings. The van der Waals surface area contributed by atoms with Gasteiger partial charge in [0.15, 0.2) is 0 Å². The lowest BCUT2D eigenvalue weighted by Crippen LogP contribution is -2.41. The van der Waals surface area contributed by atoms with Crippen LogP contribution in [0.25, 0.3) is 0 Å². The third-order valence-corrected chi connectivity index (χ3v) is 4.24. The van der Waals surface area contributed by atoms with Gasteiger partial charge in [0.2, 0.25) is 0 Å². The van der Waals surface area contributed by atoms with Gasteiger partial charge in [0.25, 0.3) is 5.91 Å². The second kappa shape index (κ2) is 5.72. The minimum atomic E-state index is -0.745. The summed E-state index contributed by atoms with van der Waals surface area (Å²) in [6.45, 7) is 11.8. The molecule has 5 nitrogen and oxygen atoms in total. The number of nitrogens with one attached hydrogen (secondary N) is 1. The van der Waals surface area contributed by atoms with Crippen LogP contribution >= 0.6 is 0 Å². The first kappa shape index (κ1) is 15.3. The number of carbonyl (C=O) groups excluding carboxylic acids is 2. The summed E-state index contributed by atoms with van der Waals surface area (Å²) in [6.07, 6.45) is 2.16. The molecule has 0 bridgehead atoms. The van der Waals surface area contributed by atoms with Gasteiger partial charge in [-0.1, -0.05) is 13.8 Å². The predicted molar refractivity (Wildman–Crippen MR) is 78.3 cm³/mol. The number of piperidine rings is 1. The lowest BCUT2D eigenvalue weighted by atomic mass is 9.92. The molecule has 0 aromatic rings. The molecule has 0 aromatic heterocycles. The van der Waals surface area contributed by atoms with E-state index in [0.717, 1.165) is 37.9 Å². The molecule has 2 rings (SSSR count). The quantitative estimate of drug-likeness (QED) is 0.798. The maximum atomic E-state index is 12.1. The van der Waals surface area contributed by atoms with Crippen LogP contribution in [0.2, 0.25) is 0 Å². The van der Waals surface area contributed by atoms with Gasteiger partial charge in [0, 0.05) is 19.6 Å². The molecule has 0 unspecified atom stereocenters. The Labute approximate surface area is 121 Å². The molecule has 0 spiro atoms. The van der Waals surface area contributed by atoms with Gasteiger partial charge in [-0.2, -0.15) is 0 Å². The molecule has 0 aromatic carbocycles. The summed E-state index contributed by atoms with van der Waals surface area (Å²) in [7, 11) is 0. The number of amides is 3. The Kier molecular flexibility index (Phi) is 4.37. The highest BCUT2D eigenvalue weighted by Gasteiger charge is 2.43. The van der Waals surface area contributed by atoms with Crippen molar-refractivity contribution in [3.05, 3.63) is 0 Å². The van der Waals surface area contributed by atoms with E-state index in [1.807, 2.05) is 0 Å². The number of urea groups is 1. The van der Waals surface area contributed by atoms with E-state index in [2.05, 4.69) is 24.1 Å². The van der Waals surface area contributed by atoms with Crippen LogP contribution in [-0.4, -0.2) is 53.5 Å². The summed E-state index contributed by atoms with van der Waals surface area (Å²) in [5, 5.41) is 2.72. The van der Waals surface area contributed by atoms with Crippen molar-refractivity contribution in [3.63, 3.8) is 0 Å². The van der Waals surface area contributed by atoms with Crippen molar-refractivity contribution in [2.24, 2.45) is 11.8 Å². The minimum Gasteiger partial charge on any atom is -0.324 e. The molecular weight excluding hydrogens is 254 g/mol. The Morgan fingerprint density at radius 1 is 1.15 bits per heavy atom. The highest BCUT2D eigenvalue weighted by atomic mass is 16.2. The third kappa shape index (κ3) is 3.32. The van der Waals surface area contributed by atoms with Crippen molar-refractivity contribution in [2.45, 2.75) is 46.1 Å². The lowest BCUT2D eigenvalue weighted by Gasteiger charge is -2.35. The van der Waals surface area contributed by atoms with E-state index in [0.29, 0.717) is 6.54 Å². The molecule has 2 fully saturated rings. The van der Waals surface area contributed by atoms with E-state index in [4.69, 9.17) is 0 Å². The van der Waals surface area contributed by atoms with Crippen molar-refractivity contribution < 1.29 is 9.59 Å². The van der Waals surface area contributed by atoms with Crippen LogP contribution in [0.3, 0.4) is 0 Å². The summed E-state index contributed by atoms with van der Waals surface area (Å²) in [5.41, 5.74) is -0.745. The van der Waals surface area contributed by atoms with Crippen molar-refractivity contribution in [2.75, 3.05) is 26.2 Å². The molecule has 20 heavy (non-hydrogen) atoms. The molecule has 2 atom stereocenters. The smallest absolute Gasteiger partial charge is 0.324 e. The minimum absolute atomic E-state index is 0.108. The van der Waals surface area contributed by atoms with Crippen molar-refractivity contribution in [1.29, 1.82) is 0 Å². The molecule has 114 valence electrons. The van der Waals surface area contributed by atoms with Crippen LogP contribution in [0.4, 0.5) is 4.79 Å². The van der Waals surface area contributed by atoms with Gasteiger partial charge in [-0.05, 0) is 45.1 Å². The van der Waals surface area contributed by atoms with Crippen molar-refractivity contribution >= 4 is 11.9 Å². The van der Waals surface area contributed by atoms with E-state index in [-0.39, 0.29) is 11.9 Å². The van der Waals surface area contributed by atoms with Gasteiger partial charge in [-0.25, -0.2) is 4.79 Å². The second-order valence-electron chi connectivity index (χ2n) is 7.07. The van der Waals surface area contributed by atoms with Gasteiger partial charge in [-0.3, -0.25) is 9.69 Å². The topological polar surface area (TPSA) is 52.6 Å². The summed E-state index contributed by atoms with van der Waals surface area (Å²) < 4.78 is 0. The zero-order valence-electron chi connectivity index (χ0n) is 13.1. The van der Waals surface area contributed by atoms with Gasteiger partial charge in [-0.15, -0.1) is 0 Å². The summed E-state index contributed by atoms with van der Waals surface area (Å²) >= 11 is 0. The first-order valence-electron chi connectivity index (χ1n) is 7.66. The van der Waals surface area contributed by atoms with Crippen LogP contribution < -0.4 is 5.32 Å². The fraction of sp³-hybridized carbons (Fsp3) is 0.867. The largest absolute Gasteiger partial charge is 0.325 e. The fourth-order valence-electron chi connectivity index (χ4n) is 3.45. The highest BCUT2D eigenvalue weighted by molar-refractivity contribution is 6.06. The first-order chi connectivity index (χ1) is 9.29. The number of hydrogen-bond donors (Lipinski definition) is 1. The van der Waals surface area contributed by atoms with Crippen LogP contribution in [0, 0.1) is 11.8 Å². The Morgan fingerprint density at radius 2 is 1.75 bits per heavy atom. The molecule has 2 aliphatic heterocycles. The van der Waals surface area contributed by atoms with Crippen LogP contribution in [0.1, 0.15) is 40.5 Å². The molecule has 0 aliphatic carbocycles. The van der Waals surface area contributed by atoms with Crippen LogP contribution in [-0.2, 0) is 4.79 Å². The van der Waals surface area contributed by atoms with Gasteiger partial charge < -0.3 is 10.2 Å². The average Bonchev–Trinajstić information content (AvgIpc) is 2.49. The normalized spacial score (nSPS) is 30.7. The molecular formula is C15H27N3O2. The van der Waals surface area contributed by atoms with Gasteiger partial charge >= 0.3 is 6.03 Å². The Bertz CT molecular complexity index is 385. The van der Waals surface area contributed by atoms with E-state index < -0.39 is 5.54 Å². The predicted octanol–water partition coefficient (Wildman–Crippen LogP) is 1.68. The number of likely N-dealkylation sites (tertiary alicyclic amines) is 1. The first-order valence-corrected chi connectivity index (χ1v) is 7.66. The Morgan fingerprint density at radius 3 is 2.25 bits per heavy atom. The maximum absolute atomic E-state index is 12.1. The Hall–Kier alpha value is -1.10. The number of imide groups is 1. The molecule has 0 radical (unpaired) electrons. The molecule has 3 amide bonds.